The molecular weight excluding hydrogens is 235 g/mol. The van der Waals surface area contributed by atoms with Crippen LogP contribution in [0.15, 0.2) is 18.3 Å². The number of aliphatic hydroxyl groups excluding tert-OH is 1. The molecule has 17 heavy (non-hydrogen) atoms. The fourth-order valence-electron chi connectivity index (χ4n) is 1.91. The predicted molar refractivity (Wildman–Crippen MR) is 53.2 cm³/mol. The lowest BCUT2D eigenvalue weighted by Crippen LogP contribution is -2.25. The van der Waals surface area contributed by atoms with E-state index in [2.05, 4.69) is 4.98 Å². The van der Waals surface area contributed by atoms with Crippen LogP contribution in [0.25, 0.3) is 0 Å². The summed E-state index contributed by atoms with van der Waals surface area (Å²) in [6, 6.07) is 2.79. The van der Waals surface area contributed by atoms with Crippen molar-refractivity contribution in [1.82, 2.24) is 4.98 Å². The number of rotatable bonds is 1. The number of ether oxygens (including phenoxy) is 1. The van der Waals surface area contributed by atoms with Crippen LogP contribution in [0.3, 0.4) is 0 Å². The highest BCUT2D eigenvalue weighted by Crippen LogP contribution is 2.37. The minimum atomic E-state index is -4.50. The average Bonchev–Trinajstić information content (AvgIpc) is 2.28. The van der Waals surface area contributed by atoms with E-state index in [1.54, 1.807) is 0 Å². The molecule has 6 heteroatoms. The summed E-state index contributed by atoms with van der Waals surface area (Å²) in [7, 11) is 0. The summed E-state index contributed by atoms with van der Waals surface area (Å²) in [5, 5.41) is 9.45. The molecule has 1 N–H and O–H groups in total. The van der Waals surface area contributed by atoms with Crippen molar-refractivity contribution >= 4 is 0 Å². The van der Waals surface area contributed by atoms with E-state index in [0.29, 0.717) is 6.42 Å². The van der Waals surface area contributed by atoms with Gasteiger partial charge in [-0.3, -0.25) is 4.98 Å². The monoisotopic (exact) mass is 247 g/mol. The zero-order valence-electron chi connectivity index (χ0n) is 8.94. The molecule has 0 aromatic carbocycles. The molecule has 0 radical (unpaired) electrons. The van der Waals surface area contributed by atoms with E-state index in [4.69, 9.17) is 4.74 Å². The van der Waals surface area contributed by atoms with E-state index >= 15 is 0 Å². The zero-order chi connectivity index (χ0) is 12.5. The molecule has 2 unspecified atom stereocenters. The fraction of sp³-hybridized carbons (Fsp3) is 0.545. The fourth-order valence-corrected chi connectivity index (χ4v) is 1.91. The summed E-state index contributed by atoms with van der Waals surface area (Å²) in [6.45, 7) is 0.262. The third kappa shape index (κ3) is 2.76. The van der Waals surface area contributed by atoms with E-state index in [1.807, 2.05) is 0 Å². The lowest BCUT2D eigenvalue weighted by Gasteiger charge is -2.28. The first-order valence-corrected chi connectivity index (χ1v) is 5.30. The van der Waals surface area contributed by atoms with Crippen molar-refractivity contribution < 1.29 is 23.0 Å². The van der Waals surface area contributed by atoms with Gasteiger partial charge in [0.25, 0.3) is 0 Å². The van der Waals surface area contributed by atoms with Gasteiger partial charge >= 0.3 is 6.18 Å². The molecule has 0 aliphatic carbocycles. The molecule has 1 aliphatic rings. The normalized spacial score (nSPS) is 25.9. The number of pyridine rings is 1. The van der Waals surface area contributed by atoms with Crippen LogP contribution < -0.4 is 0 Å². The Balaban J connectivity index is 2.31. The van der Waals surface area contributed by atoms with Gasteiger partial charge in [0.05, 0.1) is 12.2 Å². The first kappa shape index (κ1) is 12.3. The largest absolute Gasteiger partial charge is 0.433 e. The molecule has 2 heterocycles. The molecule has 1 aromatic heterocycles. The van der Waals surface area contributed by atoms with Crippen LogP contribution in [-0.2, 0) is 10.9 Å². The molecule has 2 rings (SSSR count). The van der Waals surface area contributed by atoms with Crippen molar-refractivity contribution in [3.63, 3.8) is 0 Å². The van der Waals surface area contributed by atoms with E-state index in [0.717, 1.165) is 6.20 Å². The molecule has 3 nitrogen and oxygen atoms in total. The Morgan fingerprint density at radius 3 is 2.82 bits per heavy atom. The van der Waals surface area contributed by atoms with E-state index in [1.165, 1.54) is 12.1 Å². The van der Waals surface area contributed by atoms with Crippen LogP contribution in [0, 0.1) is 0 Å². The number of hydrogen-bond acceptors (Lipinski definition) is 3. The highest BCUT2D eigenvalue weighted by atomic mass is 19.4. The lowest BCUT2D eigenvalue weighted by molar-refractivity contribution is -0.144. The molecule has 0 amide bonds. The number of hydrogen-bond donors (Lipinski definition) is 1. The van der Waals surface area contributed by atoms with Crippen molar-refractivity contribution in [2.75, 3.05) is 6.61 Å². The highest BCUT2D eigenvalue weighted by molar-refractivity contribution is 5.25. The van der Waals surface area contributed by atoms with Gasteiger partial charge in [0, 0.05) is 24.8 Å². The van der Waals surface area contributed by atoms with Crippen molar-refractivity contribution in [1.29, 1.82) is 0 Å². The van der Waals surface area contributed by atoms with Gasteiger partial charge in [-0.2, -0.15) is 13.2 Å². The highest BCUT2D eigenvalue weighted by Gasteiger charge is 2.38. The molecule has 1 saturated heterocycles. The summed E-state index contributed by atoms with van der Waals surface area (Å²) in [6.07, 6.45) is -4.11. The molecule has 0 bridgehead atoms. The first-order chi connectivity index (χ1) is 7.98. The Hall–Kier alpha value is -1.14. The summed E-state index contributed by atoms with van der Waals surface area (Å²) in [5.74, 6) is 0. The van der Waals surface area contributed by atoms with Crippen molar-refractivity contribution in [3.8, 4) is 0 Å². The molecule has 94 valence electrons. The van der Waals surface area contributed by atoms with Crippen LogP contribution in [-0.4, -0.2) is 22.8 Å². The standard InChI is InChI=1S/C11H12F3NO2/c12-11(13,14)10-8(2-1-4-15-10)9-6-7(16)3-5-17-9/h1-2,4,7,9,16H,3,5-6H2. The lowest BCUT2D eigenvalue weighted by atomic mass is 9.98. The van der Waals surface area contributed by atoms with E-state index in [9.17, 15) is 18.3 Å². The maximum atomic E-state index is 12.7. The van der Waals surface area contributed by atoms with Crippen LogP contribution in [0.4, 0.5) is 13.2 Å². The summed E-state index contributed by atoms with van der Waals surface area (Å²) in [5.41, 5.74) is -0.933. The number of aromatic nitrogens is 1. The minimum absolute atomic E-state index is 0.00116. The Labute approximate surface area is 96.2 Å². The van der Waals surface area contributed by atoms with Gasteiger partial charge in [-0.15, -0.1) is 0 Å². The summed E-state index contributed by atoms with van der Waals surface area (Å²) in [4.78, 5) is 3.36. The van der Waals surface area contributed by atoms with Crippen LogP contribution >= 0.6 is 0 Å². The van der Waals surface area contributed by atoms with Gasteiger partial charge in [-0.05, 0) is 12.5 Å². The summed E-state index contributed by atoms with van der Waals surface area (Å²) >= 11 is 0. The van der Waals surface area contributed by atoms with Crippen LogP contribution in [0.5, 0.6) is 0 Å². The van der Waals surface area contributed by atoms with E-state index in [-0.39, 0.29) is 18.6 Å². The second-order valence-electron chi connectivity index (χ2n) is 3.98. The van der Waals surface area contributed by atoms with Gasteiger partial charge < -0.3 is 9.84 Å². The van der Waals surface area contributed by atoms with Crippen molar-refractivity contribution in [3.05, 3.63) is 29.6 Å². The van der Waals surface area contributed by atoms with Crippen LogP contribution in [0.2, 0.25) is 0 Å². The molecule has 1 aliphatic heterocycles. The second kappa shape index (κ2) is 4.62. The molecule has 1 aromatic rings. The number of halogens is 3. The van der Waals surface area contributed by atoms with Crippen molar-refractivity contribution in [2.24, 2.45) is 0 Å². The third-order valence-electron chi connectivity index (χ3n) is 2.71. The Bertz CT molecular complexity index is 395. The maximum absolute atomic E-state index is 12.7. The topological polar surface area (TPSA) is 42.4 Å². The molecule has 0 saturated carbocycles. The van der Waals surface area contributed by atoms with Gasteiger partial charge in [0.2, 0.25) is 0 Å². The second-order valence-corrected chi connectivity index (χ2v) is 3.98. The maximum Gasteiger partial charge on any atom is 0.433 e. The Kier molecular flexibility index (Phi) is 3.35. The SMILES string of the molecule is OC1CCOC(c2cccnc2C(F)(F)F)C1. The number of aliphatic hydroxyl groups is 1. The van der Waals surface area contributed by atoms with Crippen molar-refractivity contribution in [2.45, 2.75) is 31.2 Å². The minimum Gasteiger partial charge on any atom is -0.393 e. The van der Waals surface area contributed by atoms with E-state index < -0.39 is 24.1 Å². The smallest absolute Gasteiger partial charge is 0.393 e. The third-order valence-corrected chi connectivity index (χ3v) is 2.71. The summed E-state index contributed by atoms with van der Waals surface area (Å²) < 4.78 is 43.4. The molecule has 2 atom stereocenters. The Morgan fingerprint density at radius 2 is 2.18 bits per heavy atom. The molecular formula is C11H12F3NO2. The van der Waals surface area contributed by atoms with Gasteiger partial charge in [0.15, 0.2) is 0 Å². The molecule has 0 spiro atoms. The number of nitrogens with zero attached hydrogens (tertiary/aromatic N) is 1. The quantitative estimate of drug-likeness (QED) is 0.828. The Morgan fingerprint density at radius 1 is 1.41 bits per heavy atom. The van der Waals surface area contributed by atoms with Crippen LogP contribution in [0.1, 0.15) is 30.2 Å². The predicted octanol–water partition coefficient (Wildman–Crippen LogP) is 2.31. The zero-order valence-corrected chi connectivity index (χ0v) is 8.94. The molecule has 1 fully saturated rings. The average molecular weight is 247 g/mol. The first-order valence-electron chi connectivity index (χ1n) is 5.30. The van der Waals surface area contributed by atoms with Gasteiger partial charge in [-0.1, -0.05) is 6.07 Å². The number of alkyl halides is 3. The van der Waals surface area contributed by atoms with Gasteiger partial charge in [-0.25, -0.2) is 0 Å². The van der Waals surface area contributed by atoms with Gasteiger partial charge in [0.1, 0.15) is 5.69 Å².